The van der Waals surface area contributed by atoms with E-state index >= 15 is 0 Å². The maximum Gasteiger partial charge on any atom is 0.364 e. The highest BCUT2D eigenvalue weighted by atomic mass is 16.7. The van der Waals surface area contributed by atoms with Gasteiger partial charge in [0.05, 0.1) is 14.1 Å². The molecule has 0 aromatic heterocycles. The molecule has 188 valence electrons. The van der Waals surface area contributed by atoms with E-state index in [0.717, 1.165) is 25.1 Å². The van der Waals surface area contributed by atoms with Crippen molar-refractivity contribution in [2.24, 2.45) is 0 Å². The van der Waals surface area contributed by atoms with Gasteiger partial charge in [0.1, 0.15) is 12.3 Å². The zero-order valence-corrected chi connectivity index (χ0v) is 21.9. The predicted octanol–water partition coefficient (Wildman–Crippen LogP) is 7.30. The summed E-state index contributed by atoms with van der Waals surface area (Å²) in [6, 6.07) is 18.5. The third-order valence-electron chi connectivity index (χ3n) is 6.06. The van der Waals surface area contributed by atoms with Gasteiger partial charge in [-0.05, 0) is 37.0 Å². The molecule has 0 saturated heterocycles. The van der Waals surface area contributed by atoms with Crippen LogP contribution >= 0.6 is 0 Å². The molecular weight excluding hydrogens is 422 g/mol. The van der Waals surface area contributed by atoms with Crippen molar-refractivity contribution >= 4 is 5.97 Å². The van der Waals surface area contributed by atoms with Gasteiger partial charge in [0.15, 0.2) is 6.54 Å². The molecule has 2 rings (SSSR count). The van der Waals surface area contributed by atoms with Gasteiger partial charge in [-0.2, -0.15) is 0 Å². The van der Waals surface area contributed by atoms with Gasteiger partial charge in [-0.3, -0.25) is 0 Å². The largest absolute Gasteiger partial charge is 0.455 e. The molecule has 0 aliphatic heterocycles. The van der Waals surface area contributed by atoms with E-state index < -0.39 is 6.29 Å². The Morgan fingerprint density at radius 1 is 0.794 bits per heavy atom. The first-order valence-electron chi connectivity index (χ1n) is 13.2. The molecule has 1 unspecified atom stereocenters. The number of benzene rings is 2. The van der Waals surface area contributed by atoms with Gasteiger partial charge < -0.3 is 14.0 Å². The summed E-state index contributed by atoms with van der Waals surface area (Å²) in [5, 5.41) is 0. The minimum atomic E-state index is -0.553. The maximum absolute atomic E-state index is 12.7. The average molecular weight is 469 g/mol. The Bertz CT molecular complexity index is 802. The third kappa shape index (κ3) is 11.7. The molecule has 0 N–H and O–H groups in total. The number of hydrogen-bond acceptors (Lipinski definition) is 3. The van der Waals surface area contributed by atoms with Crippen molar-refractivity contribution in [1.82, 2.24) is 0 Å². The van der Waals surface area contributed by atoms with E-state index in [1.54, 1.807) is 0 Å². The van der Waals surface area contributed by atoms with Gasteiger partial charge in [0.25, 0.3) is 0 Å². The average Bonchev–Trinajstić information content (AvgIpc) is 2.79. The summed E-state index contributed by atoms with van der Waals surface area (Å²) in [6.07, 6.45) is 11.4. The molecule has 0 heterocycles. The molecular formula is C30H46NO3+. The van der Waals surface area contributed by atoms with Gasteiger partial charge in [-0.1, -0.05) is 94.8 Å². The van der Waals surface area contributed by atoms with Crippen LogP contribution in [0.4, 0.5) is 0 Å². The number of ether oxygens (including phenoxy) is 2. The number of likely N-dealkylation sites (N-methyl/N-ethyl adjacent to an activating group) is 1. The van der Waals surface area contributed by atoms with Gasteiger partial charge in [-0.15, -0.1) is 0 Å². The van der Waals surface area contributed by atoms with Crippen molar-refractivity contribution in [2.75, 3.05) is 20.6 Å². The summed E-state index contributed by atoms with van der Waals surface area (Å²) < 4.78 is 12.3. The molecule has 0 radical (unpaired) electrons. The Kier molecular flexibility index (Phi) is 12.8. The molecule has 4 heteroatoms. The molecule has 2 aromatic rings. The van der Waals surface area contributed by atoms with Gasteiger partial charge >= 0.3 is 5.97 Å². The highest BCUT2D eigenvalue weighted by Gasteiger charge is 2.24. The first-order valence-corrected chi connectivity index (χ1v) is 13.2. The Labute approximate surface area is 207 Å². The second kappa shape index (κ2) is 15.5. The number of hydrogen-bond donors (Lipinski definition) is 0. The fourth-order valence-corrected chi connectivity index (χ4v) is 4.22. The number of rotatable bonds is 17. The van der Waals surface area contributed by atoms with E-state index in [1.807, 2.05) is 44.4 Å². The minimum Gasteiger partial charge on any atom is -0.455 e. The molecule has 4 nitrogen and oxygen atoms in total. The molecule has 0 aliphatic rings. The second-order valence-electron chi connectivity index (χ2n) is 10.1. The van der Waals surface area contributed by atoms with Crippen LogP contribution in [0.3, 0.4) is 0 Å². The van der Waals surface area contributed by atoms with Crippen LogP contribution in [0.2, 0.25) is 0 Å². The van der Waals surface area contributed by atoms with E-state index in [9.17, 15) is 4.79 Å². The SMILES string of the molecule is CCCCCCCCCc1ccc(OC(CCC)OC(=O)C[N+](C)(C)Cc2ccccc2)cc1. The fourth-order valence-electron chi connectivity index (χ4n) is 4.22. The lowest BCUT2D eigenvalue weighted by atomic mass is 10.0. The lowest BCUT2D eigenvalue weighted by molar-refractivity contribution is -0.896. The summed E-state index contributed by atoms with van der Waals surface area (Å²) in [4.78, 5) is 12.7. The smallest absolute Gasteiger partial charge is 0.364 e. The van der Waals surface area contributed by atoms with Crippen molar-refractivity contribution in [1.29, 1.82) is 0 Å². The van der Waals surface area contributed by atoms with Crippen molar-refractivity contribution in [2.45, 2.75) is 90.9 Å². The monoisotopic (exact) mass is 468 g/mol. The maximum atomic E-state index is 12.7. The molecule has 34 heavy (non-hydrogen) atoms. The fraction of sp³-hybridized carbons (Fsp3) is 0.567. The molecule has 1 atom stereocenters. The number of quaternary nitrogens is 1. The summed E-state index contributed by atoms with van der Waals surface area (Å²) in [5.41, 5.74) is 2.54. The molecule has 2 aromatic carbocycles. The molecule has 0 aliphatic carbocycles. The lowest BCUT2D eigenvalue weighted by Crippen LogP contribution is -2.44. The van der Waals surface area contributed by atoms with Crippen LogP contribution in [0.15, 0.2) is 54.6 Å². The predicted molar refractivity (Wildman–Crippen MR) is 141 cm³/mol. The number of aryl methyl sites for hydroxylation is 1. The summed E-state index contributed by atoms with van der Waals surface area (Å²) in [5.74, 6) is 0.530. The van der Waals surface area contributed by atoms with Crippen LogP contribution < -0.4 is 4.74 Å². The topological polar surface area (TPSA) is 35.5 Å². The van der Waals surface area contributed by atoms with Crippen LogP contribution in [0, 0.1) is 0 Å². The first kappa shape index (κ1) is 27.9. The quantitative estimate of drug-likeness (QED) is 0.106. The third-order valence-corrected chi connectivity index (χ3v) is 6.06. The zero-order chi connectivity index (χ0) is 24.7. The van der Waals surface area contributed by atoms with E-state index in [4.69, 9.17) is 9.47 Å². The Hall–Kier alpha value is -2.33. The van der Waals surface area contributed by atoms with Crippen LogP contribution in [-0.2, 0) is 22.5 Å². The zero-order valence-electron chi connectivity index (χ0n) is 21.9. The van der Waals surface area contributed by atoms with Gasteiger partial charge in [-0.25, -0.2) is 4.79 Å². The highest BCUT2D eigenvalue weighted by Crippen LogP contribution is 2.19. The van der Waals surface area contributed by atoms with Crippen molar-refractivity contribution in [3.05, 3.63) is 65.7 Å². The Morgan fingerprint density at radius 3 is 2.09 bits per heavy atom. The second-order valence-corrected chi connectivity index (χ2v) is 10.1. The number of carbonyl (C=O) groups is 1. The van der Waals surface area contributed by atoms with Crippen LogP contribution in [-0.4, -0.2) is 37.4 Å². The first-order chi connectivity index (χ1) is 16.4. The number of esters is 1. The van der Waals surface area contributed by atoms with E-state index in [1.165, 1.54) is 56.1 Å². The normalized spacial score (nSPS) is 12.4. The molecule has 0 spiro atoms. The number of carbonyl (C=O) groups excluding carboxylic acids is 1. The Morgan fingerprint density at radius 2 is 1.44 bits per heavy atom. The number of unbranched alkanes of at least 4 members (excludes halogenated alkanes) is 6. The van der Waals surface area contributed by atoms with Crippen molar-refractivity contribution in [3.63, 3.8) is 0 Å². The van der Waals surface area contributed by atoms with Crippen LogP contribution in [0.5, 0.6) is 5.75 Å². The van der Waals surface area contributed by atoms with Crippen LogP contribution in [0.1, 0.15) is 82.8 Å². The van der Waals surface area contributed by atoms with Gasteiger partial charge in [0, 0.05) is 12.0 Å². The van der Waals surface area contributed by atoms with Gasteiger partial charge in [0.2, 0.25) is 6.29 Å². The molecule has 0 bridgehead atoms. The standard InChI is InChI=1S/C30H46NO3/c1-5-7-8-9-10-11-13-17-26-20-22-28(23-21-26)33-30(16-6-2)34-29(32)25-31(3,4)24-27-18-14-12-15-19-27/h12,14-15,18-23,30H,5-11,13,16-17,24-25H2,1-4H3/q+1. The van der Waals surface area contributed by atoms with E-state index in [0.29, 0.717) is 17.4 Å². The van der Waals surface area contributed by atoms with E-state index in [2.05, 4.69) is 38.1 Å². The molecule has 0 amide bonds. The number of nitrogens with zero attached hydrogens (tertiary/aromatic N) is 1. The summed E-state index contributed by atoms with van der Waals surface area (Å²) in [7, 11) is 4.10. The molecule has 0 fully saturated rings. The minimum absolute atomic E-state index is 0.227. The van der Waals surface area contributed by atoms with Crippen LogP contribution in [0.25, 0.3) is 0 Å². The molecule has 0 saturated carbocycles. The Balaban J connectivity index is 1.78. The highest BCUT2D eigenvalue weighted by molar-refractivity contribution is 5.70. The lowest BCUT2D eigenvalue weighted by Gasteiger charge is -2.29. The van der Waals surface area contributed by atoms with Crippen molar-refractivity contribution < 1.29 is 18.8 Å². The van der Waals surface area contributed by atoms with E-state index in [-0.39, 0.29) is 5.97 Å². The van der Waals surface area contributed by atoms with Crippen molar-refractivity contribution in [3.8, 4) is 5.75 Å². The summed E-state index contributed by atoms with van der Waals surface area (Å²) in [6.45, 7) is 5.41. The summed E-state index contributed by atoms with van der Waals surface area (Å²) >= 11 is 0.